The van der Waals surface area contributed by atoms with E-state index < -0.39 is 24.1 Å². The van der Waals surface area contributed by atoms with Crippen molar-refractivity contribution in [2.45, 2.75) is 0 Å². The smallest absolute Gasteiger partial charge is 0.372 e. The standard InChI is InChI=1S/C24H26BrN3O6/c25-11-12-26-13-15-27(23(31)33-21(29)19-7-3-1-4-8-19)17-18-28(16-14-26)24(32)34-22(30)20-9-5-2-6-10-20/h1-10H,11-18H2. The second-order valence-electron chi connectivity index (χ2n) is 7.55. The molecular weight excluding hydrogens is 506 g/mol. The minimum absolute atomic E-state index is 0.123. The summed E-state index contributed by atoms with van der Waals surface area (Å²) < 4.78 is 10.1. The van der Waals surface area contributed by atoms with E-state index in [1.165, 1.54) is 9.80 Å². The van der Waals surface area contributed by atoms with Crippen molar-refractivity contribution in [2.24, 2.45) is 0 Å². The van der Waals surface area contributed by atoms with E-state index in [4.69, 9.17) is 9.47 Å². The first-order chi connectivity index (χ1) is 16.5. The maximum absolute atomic E-state index is 12.7. The molecule has 0 aromatic heterocycles. The highest BCUT2D eigenvalue weighted by atomic mass is 79.9. The molecule has 2 amide bonds. The highest BCUT2D eigenvalue weighted by molar-refractivity contribution is 9.09. The van der Waals surface area contributed by atoms with Gasteiger partial charge in [0, 0.05) is 51.1 Å². The molecular formula is C24H26BrN3O6. The van der Waals surface area contributed by atoms with Crippen LogP contribution in [-0.4, -0.2) is 90.0 Å². The number of hydrogen-bond donors (Lipinski definition) is 0. The minimum Gasteiger partial charge on any atom is -0.372 e. The second-order valence-corrected chi connectivity index (χ2v) is 8.34. The maximum Gasteiger partial charge on any atom is 0.417 e. The zero-order valence-corrected chi connectivity index (χ0v) is 20.2. The summed E-state index contributed by atoms with van der Waals surface area (Å²) in [4.78, 5) is 54.9. The van der Waals surface area contributed by atoms with Crippen LogP contribution in [0.15, 0.2) is 60.7 Å². The number of amides is 2. The van der Waals surface area contributed by atoms with Gasteiger partial charge in [0.25, 0.3) is 0 Å². The van der Waals surface area contributed by atoms with Crippen LogP contribution in [0.3, 0.4) is 0 Å². The Kier molecular flexibility index (Phi) is 9.60. The molecule has 2 aromatic carbocycles. The van der Waals surface area contributed by atoms with Gasteiger partial charge < -0.3 is 19.3 Å². The monoisotopic (exact) mass is 531 g/mol. The van der Waals surface area contributed by atoms with Crippen molar-refractivity contribution in [3.8, 4) is 0 Å². The Morgan fingerprint density at radius 1 is 0.647 bits per heavy atom. The number of rotatable bonds is 4. The van der Waals surface area contributed by atoms with Crippen LogP contribution < -0.4 is 0 Å². The van der Waals surface area contributed by atoms with E-state index in [0.717, 1.165) is 0 Å². The Morgan fingerprint density at radius 3 is 1.41 bits per heavy atom. The van der Waals surface area contributed by atoms with Crippen molar-refractivity contribution in [1.29, 1.82) is 0 Å². The highest BCUT2D eigenvalue weighted by Gasteiger charge is 2.26. The van der Waals surface area contributed by atoms with Gasteiger partial charge in [0.15, 0.2) is 0 Å². The van der Waals surface area contributed by atoms with Gasteiger partial charge in [-0.3, -0.25) is 4.90 Å². The molecule has 0 spiro atoms. The van der Waals surface area contributed by atoms with Crippen LogP contribution in [0.5, 0.6) is 0 Å². The normalized spacial score (nSPS) is 15.0. The SMILES string of the molecule is O=C(OC(=O)N1CCN(CCBr)CCN(C(=O)OC(=O)c2ccccc2)CC1)c1ccccc1. The molecule has 10 heteroatoms. The molecule has 0 saturated carbocycles. The minimum atomic E-state index is -0.789. The Morgan fingerprint density at radius 2 is 1.03 bits per heavy atom. The highest BCUT2D eigenvalue weighted by Crippen LogP contribution is 2.09. The van der Waals surface area contributed by atoms with E-state index in [1.54, 1.807) is 60.7 Å². The molecule has 9 nitrogen and oxygen atoms in total. The predicted molar refractivity (Wildman–Crippen MR) is 128 cm³/mol. The van der Waals surface area contributed by atoms with Crippen molar-refractivity contribution in [2.75, 3.05) is 51.1 Å². The van der Waals surface area contributed by atoms with Crippen LogP contribution in [-0.2, 0) is 9.47 Å². The average Bonchev–Trinajstić information content (AvgIpc) is 2.96. The summed E-state index contributed by atoms with van der Waals surface area (Å²) in [5, 5.41) is 0.709. The first kappa shape index (κ1) is 25.4. The topological polar surface area (TPSA) is 96.5 Å². The van der Waals surface area contributed by atoms with Crippen molar-refractivity contribution < 1.29 is 28.7 Å². The number of hydrogen-bond acceptors (Lipinski definition) is 7. The molecule has 180 valence electrons. The van der Waals surface area contributed by atoms with E-state index in [9.17, 15) is 19.2 Å². The third-order valence-electron chi connectivity index (χ3n) is 5.31. The molecule has 1 heterocycles. The van der Waals surface area contributed by atoms with Crippen LogP contribution in [0.1, 0.15) is 20.7 Å². The fourth-order valence-corrected chi connectivity index (χ4v) is 3.86. The third-order valence-corrected chi connectivity index (χ3v) is 5.66. The van der Waals surface area contributed by atoms with E-state index in [-0.39, 0.29) is 24.2 Å². The van der Waals surface area contributed by atoms with Gasteiger partial charge in [-0.1, -0.05) is 52.3 Å². The van der Waals surface area contributed by atoms with Crippen LogP contribution >= 0.6 is 15.9 Å². The third kappa shape index (κ3) is 7.39. The molecule has 0 aliphatic carbocycles. The lowest BCUT2D eigenvalue weighted by molar-refractivity contribution is 0.0491. The molecule has 1 saturated heterocycles. The van der Waals surface area contributed by atoms with Crippen molar-refractivity contribution in [3.63, 3.8) is 0 Å². The molecule has 34 heavy (non-hydrogen) atoms. The van der Waals surface area contributed by atoms with E-state index in [2.05, 4.69) is 20.8 Å². The predicted octanol–water partition coefficient (Wildman–Crippen LogP) is 3.25. The summed E-state index contributed by atoms with van der Waals surface area (Å²) in [6, 6.07) is 16.5. The first-order valence-electron chi connectivity index (χ1n) is 10.9. The van der Waals surface area contributed by atoms with Crippen LogP contribution in [0.25, 0.3) is 0 Å². The van der Waals surface area contributed by atoms with Gasteiger partial charge in [0.05, 0.1) is 11.1 Å². The first-order valence-corrected chi connectivity index (χ1v) is 12.0. The number of nitrogens with zero attached hydrogens (tertiary/aromatic N) is 3. The summed E-state index contributed by atoms with van der Waals surface area (Å²) in [7, 11) is 0. The Bertz CT molecular complexity index is 911. The van der Waals surface area contributed by atoms with Gasteiger partial charge in [0.1, 0.15) is 0 Å². The number of carbonyl (C=O) groups excluding carboxylic acids is 4. The van der Waals surface area contributed by atoms with Crippen molar-refractivity contribution >= 4 is 40.1 Å². The second kappa shape index (κ2) is 12.9. The van der Waals surface area contributed by atoms with E-state index >= 15 is 0 Å². The quantitative estimate of drug-likeness (QED) is 0.339. The van der Waals surface area contributed by atoms with Gasteiger partial charge in [-0.2, -0.15) is 0 Å². The fraction of sp³-hybridized carbons (Fsp3) is 0.333. The Hall–Kier alpha value is -3.24. The lowest BCUT2D eigenvalue weighted by atomic mass is 10.2. The lowest BCUT2D eigenvalue weighted by Crippen LogP contribution is -2.43. The summed E-state index contributed by atoms with van der Waals surface area (Å²) in [6.45, 7) is 2.64. The Balaban J connectivity index is 1.66. The van der Waals surface area contributed by atoms with Crippen LogP contribution in [0, 0.1) is 0 Å². The molecule has 0 radical (unpaired) electrons. The zero-order chi connectivity index (χ0) is 24.3. The van der Waals surface area contributed by atoms with Gasteiger partial charge in [-0.15, -0.1) is 0 Å². The number of benzene rings is 2. The summed E-state index contributed by atoms with van der Waals surface area (Å²) in [5.41, 5.74) is 0.538. The molecule has 1 fully saturated rings. The fourth-order valence-electron chi connectivity index (χ4n) is 3.36. The number of ether oxygens (including phenoxy) is 2. The van der Waals surface area contributed by atoms with E-state index in [1.807, 2.05) is 0 Å². The van der Waals surface area contributed by atoms with Gasteiger partial charge in [-0.25, -0.2) is 19.2 Å². The molecule has 1 aliphatic heterocycles. The summed E-state index contributed by atoms with van der Waals surface area (Å²) in [6.07, 6.45) is -1.58. The van der Waals surface area contributed by atoms with Gasteiger partial charge in [-0.05, 0) is 24.3 Å². The zero-order valence-electron chi connectivity index (χ0n) is 18.6. The number of esters is 2. The van der Waals surface area contributed by atoms with Gasteiger partial charge in [0.2, 0.25) is 0 Å². The van der Waals surface area contributed by atoms with Crippen molar-refractivity contribution in [1.82, 2.24) is 14.7 Å². The van der Waals surface area contributed by atoms with Crippen LogP contribution in [0.4, 0.5) is 9.59 Å². The molecule has 0 atom stereocenters. The number of carbonyl (C=O) groups is 4. The molecule has 3 rings (SSSR count). The molecule has 0 unspecified atom stereocenters. The summed E-state index contributed by atoms with van der Waals surface area (Å²) >= 11 is 3.41. The van der Waals surface area contributed by atoms with Gasteiger partial charge >= 0.3 is 24.1 Å². The molecule has 1 aliphatic rings. The molecule has 0 bridgehead atoms. The van der Waals surface area contributed by atoms with Crippen molar-refractivity contribution in [3.05, 3.63) is 71.8 Å². The Labute approximate surface area is 206 Å². The van der Waals surface area contributed by atoms with Crippen LogP contribution in [0.2, 0.25) is 0 Å². The largest absolute Gasteiger partial charge is 0.417 e. The average molecular weight is 532 g/mol. The summed E-state index contributed by atoms with van der Waals surface area (Å²) in [5.74, 6) is -1.49. The molecule has 0 N–H and O–H groups in total. The van der Waals surface area contributed by atoms with E-state index in [0.29, 0.717) is 38.1 Å². The number of halogens is 1. The lowest BCUT2D eigenvalue weighted by Gasteiger charge is -2.24. The maximum atomic E-state index is 12.7. The molecule has 2 aromatic rings. The number of alkyl halides is 1.